The van der Waals surface area contributed by atoms with Crippen LogP contribution < -0.4 is 32.6 Å². The standard InChI is InChI=1S/C72H69N15O21/c1-7-8-13-18-52(87-65(95)54(75-6)38(4)57(66(87)96)84-81-51-34-42(69(101)102)22-26-46(51)72(107)108)78-60(90)47-31-39(58(88)76-27-14-9-11-16-29-85-61(91)48(35-73)36(2)55(63(85)93)82-79-49-32-40(67(97)98)20-24-44(49)70(103)104)19-23-43(47)59(89)77-28-15-10-12-17-30-86-62(92)53(74-5)37(3)56(64(86)94)83-80-50-33-41(68(99)100)21-25-45(50)71(105)106/h19-26,31-34,52,93-94,96H,7-18,27-30H2,1-4H3,(H,76,88)(H,77,89)(H,78,90)(H,97,98)(H,99,100)(H,101,102)(H,103,104)(H,105,106)(H,107,108). The minimum Gasteiger partial charge on any atom is -0.493 e. The van der Waals surface area contributed by atoms with E-state index in [9.17, 15) is 109 Å². The lowest BCUT2D eigenvalue weighted by Crippen LogP contribution is -2.39. The number of nitriles is 1. The molecule has 3 aromatic heterocycles. The molecule has 0 saturated carbocycles. The average molecular weight is 1480 g/mol. The summed E-state index contributed by atoms with van der Waals surface area (Å²) in [6.07, 6.45) is 2.18. The third kappa shape index (κ3) is 18.9. The van der Waals surface area contributed by atoms with E-state index in [0.717, 1.165) is 69.8 Å². The van der Waals surface area contributed by atoms with Gasteiger partial charge in [-0.1, -0.05) is 45.4 Å². The smallest absolute Gasteiger partial charge is 0.337 e. The second-order valence-electron chi connectivity index (χ2n) is 24.1. The van der Waals surface area contributed by atoms with Gasteiger partial charge in [-0.05, 0) is 143 Å². The van der Waals surface area contributed by atoms with E-state index in [0.29, 0.717) is 49.5 Å². The highest BCUT2D eigenvalue weighted by molar-refractivity contribution is 6.09. The van der Waals surface area contributed by atoms with Crippen LogP contribution in [-0.4, -0.2) is 126 Å². The van der Waals surface area contributed by atoms with Gasteiger partial charge in [0.05, 0.1) is 57.7 Å². The van der Waals surface area contributed by atoms with E-state index in [4.69, 9.17) is 13.1 Å². The van der Waals surface area contributed by atoms with Crippen LogP contribution >= 0.6 is 0 Å². The molecule has 0 aliphatic carbocycles. The number of pyridine rings is 3. The number of benzene rings is 4. The molecule has 1 unspecified atom stereocenters. The fraction of sp³-hybridized carbons (Fsp3) is 0.292. The molecule has 558 valence electrons. The molecule has 0 spiro atoms. The number of nitrogens with zero attached hydrogens (tertiary/aromatic N) is 12. The van der Waals surface area contributed by atoms with E-state index < -0.39 is 156 Å². The molecule has 3 heterocycles. The average Bonchev–Trinajstić information content (AvgIpc) is 0.775. The number of amides is 3. The van der Waals surface area contributed by atoms with Crippen molar-refractivity contribution in [2.75, 3.05) is 13.1 Å². The Morgan fingerprint density at radius 3 is 1.28 bits per heavy atom. The number of aromatic hydroxyl groups is 3. The molecule has 0 radical (unpaired) electrons. The number of carboxylic acid groups (broad SMARTS) is 6. The van der Waals surface area contributed by atoms with E-state index in [2.05, 4.69) is 56.3 Å². The van der Waals surface area contributed by atoms with Crippen molar-refractivity contribution >= 4 is 99.0 Å². The van der Waals surface area contributed by atoms with Gasteiger partial charge in [-0.25, -0.2) is 38.5 Å². The normalized spacial score (nSPS) is 11.4. The molecule has 0 fully saturated rings. The first-order chi connectivity index (χ1) is 51.4. The third-order valence-corrected chi connectivity index (χ3v) is 17.0. The summed E-state index contributed by atoms with van der Waals surface area (Å²) in [4.78, 5) is 162. The van der Waals surface area contributed by atoms with Crippen LogP contribution in [0.25, 0.3) is 9.69 Å². The van der Waals surface area contributed by atoms with Crippen molar-refractivity contribution in [3.05, 3.63) is 199 Å². The minimum absolute atomic E-state index is 0.0194. The van der Waals surface area contributed by atoms with Gasteiger partial charge in [0.15, 0.2) is 5.69 Å². The molecule has 3 amide bonds. The highest BCUT2D eigenvalue weighted by atomic mass is 16.4. The van der Waals surface area contributed by atoms with E-state index in [1.165, 1.54) is 32.9 Å². The second-order valence-corrected chi connectivity index (χ2v) is 24.1. The van der Waals surface area contributed by atoms with Crippen LogP contribution in [0.3, 0.4) is 0 Å². The van der Waals surface area contributed by atoms with E-state index >= 15 is 0 Å². The molecule has 0 aliphatic rings. The van der Waals surface area contributed by atoms with Gasteiger partial charge in [-0.3, -0.25) is 42.5 Å². The zero-order valence-corrected chi connectivity index (χ0v) is 58.1. The lowest BCUT2D eigenvalue weighted by Gasteiger charge is -2.25. The van der Waals surface area contributed by atoms with Gasteiger partial charge in [0.2, 0.25) is 17.6 Å². The van der Waals surface area contributed by atoms with Crippen molar-refractivity contribution in [3.8, 4) is 23.7 Å². The maximum atomic E-state index is 15.0. The maximum Gasteiger partial charge on any atom is 0.337 e. The summed E-state index contributed by atoms with van der Waals surface area (Å²) >= 11 is 0. The summed E-state index contributed by atoms with van der Waals surface area (Å²) in [6.45, 7) is 21.0. The summed E-state index contributed by atoms with van der Waals surface area (Å²) in [6, 6.07) is 14.1. The first kappa shape index (κ1) is 80.9. The van der Waals surface area contributed by atoms with Crippen molar-refractivity contribution in [2.45, 2.75) is 124 Å². The lowest BCUT2D eigenvalue weighted by molar-refractivity contribution is 0.0682. The topological polar surface area (TPSA) is 544 Å². The summed E-state index contributed by atoms with van der Waals surface area (Å²) in [5.41, 5.74) is -10.6. The van der Waals surface area contributed by atoms with Crippen LogP contribution in [0, 0.1) is 45.2 Å². The van der Waals surface area contributed by atoms with Crippen molar-refractivity contribution in [1.29, 1.82) is 5.26 Å². The number of azo groups is 3. The van der Waals surface area contributed by atoms with Gasteiger partial charge in [-0.2, -0.15) is 5.26 Å². The predicted molar refractivity (Wildman–Crippen MR) is 381 cm³/mol. The number of hydrogen-bond acceptors (Lipinski definition) is 22. The Balaban J connectivity index is 1.11. The highest BCUT2D eigenvalue weighted by Gasteiger charge is 2.30. The molecule has 7 aromatic rings. The summed E-state index contributed by atoms with van der Waals surface area (Å²) < 4.78 is 2.40. The first-order valence-corrected chi connectivity index (χ1v) is 33.1. The number of hydrogen-bond donors (Lipinski definition) is 12. The van der Waals surface area contributed by atoms with Gasteiger partial charge in [0.1, 0.15) is 46.2 Å². The van der Waals surface area contributed by atoms with E-state index in [-0.39, 0.29) is 114 Å². The van der Waals surface area contributed by atoms with Gasteiger partial charge < -0.3 is 61.9 Å². The molecule has 12 N–H and O–H groups in total. The molecule has 1 atom stereocenters. The number of carboxylic acids is 6. The largest absolute Gasteiger partial charge is 0.493 e. The number of aromatic nitrogens is 3. The lowest BCUT2D eigenvalue weighted by atomic mass is 10.0. The molecular weight excluding hydrogens is 1410 g/mol. The van der Waals surface area contributed by atoms with Crippen molar-refractivity contribution in [2.24, 2.45) is 30.7 Å². The van der Waals surface area contributed by atoms with Crippen LogP contribution in [0.4, 0.5) is 45.5 Å². The van der Waals surface area contributed by atoms with Crippen molar-refractivity contribution in [3.63, 3.8) is 0 Å². The number of carbonyl (C=O) groups is 9. The minimum atomic E-state index is -1.55. The predicted octanol–water partition coefficient (Wildman–Crippen LogP) is 12.1. The fourth-order valence-corrected chi connectivity index (χ4v) is 11.2. The van der Waals surface area contributed by atoms with Crippen LogP contribution in [0.15, 0.2) is 118 Å². The van der Waals surface area contributed by atoms with E-state index in [1.807, 2.05) is 6.92 Å². The molecule has 36 nitrogen and oxygen atoms in total. The van der Waals surface area contributed by atoms with Gasteiger partial charge >= 0.3 is 35.8 Å². The van der Waals surface area contributed by atoms with Gasteiger partial charge in [-0.15, -0.1) is 30.7 Å². The molecule has 108 heavy (non-hydrogen) atoms. The Morgan fingerprint density at radius 2 is 0.852 bits per heavy atom. The monoisotopic (exact) mass is 1480 g/mol. The first-order valence-electron chi connectivity index (χ1n) is 33.1. The highest BCUT2D eigenvalue weighted by Crippen LogP contribution is 2.40. The zero-order chi connectivity index (χ0) is 79.4. The molecule has 0 saturated heterocycles. The molecular formula is C72H69N15O21. The van der Waals surface area contributed by atoms with E-state index in [1.54, 1.807) is 6.07 Å². The quantitative estimate of drug-likeness (QED) is 0.00997. The number of rotatable bonds is 35. The maximum absolute atomic E-state index is 15.0. The molecule has 0 bridgehead atoms. The molecule has 36 heteroatoms. The van der Waals surface area contributed by atoms with Crippen molar-refractivity contribution in [1.82, 2.24) is 29.7 Å². The van der Waals surface area contributed by atoms with Gasteiger partial charge in [0.25, 0.3) is 45.8 Å². The summed E-state index contributed by atoms with van der Waals surface area (Å²) in [5.74, 6) is -13.8. The van der Waals surface area contributed by atoms with Crippen LogP contribution in [0.2, 0.25) is 0 Å². The van der Waals surface area contributed by atoms with Gasteiger partial charge in [0, 0.05) is 37.3 Å². The SMILES string of the molecule is [C-]#[N+]c1c(C)c(N=Nc2cc(C(=O)O)ccc2C(=O)O)c(O)n(CCCCCCNC(=O)c2ccc(C(=O)NCCCCCCn3c(O)c(N=Nc4cc(C(=O)O)ccc4C(=O)O)c(C)c(C#N)c3=O)cc2C(=O)NC(CCCCC)n2c(O)c(N=Nc3cc(C(=O)O)ccc3C(=O)O)c(C)c([N+]#[C-])c2=O)c1=O. The Morgan fingerprint density at radius 1 is 0.454 bits per heavy atom. The second kappa shape index (κ2) is 36.7. The van der Waals surface area contributed by atoms with Crippen LogP contribution in [0.5, 0.6) is 17.6 Å². The number of unbranched alkanes of at least 4 members (excludes halogenated alkanes) is 8. The Hall–Kier alpha value is -14.4. The van der Waals surface area contributed by atoms with Crippen LogP contribution in [-0.2, 0) is 13.1 Å². The number of nitrogens with one attached hydrogen (secondary N) is 3. The Bertz CT molecular complexity index is 5240. The Labute approximate surface area is 611 Å². The number of carbonyl (C=O) groups excluding carboxylic acids is 3. The zero-order valence-electron chi connectivity index (χ0n) is 58.1. The van der Waals surface area contributed by atoms with Crippen LogP contribution in [0.1, 0.15) is 206 Å². The molecule has 0 aliphatic heterocycles. The molecule has 7 rings (SSSR count). The van der Waals surface area contributed by atoms with Crippen molar-refractivity contribution < 1.29 is 89.1 Å². The Kier molecular flexibility index (Phi) is 27.5. The third-order valence-electron chi connectivity index (χ3n) is 17.0. The molecule has 4 aromatic carbocycles. The fourth-order valence-electron chi connectivity index (χ4n) is 11.2. The summed E-state index contributed by atoms with van der Waals surface area (Å²) in [7, 11) is 0. The summed E-state index contributed by atoms with van der Waals surface area (Å²) in [5, 5.41) is 134. The number of aromatic carboxylic acids is 6.